The average Bonchev–Trinajstić information content (AvgIpc) is 2.28. The standard InChI is InChI=1S/C12H18N2OS/c1-9-8-10(16)14-11(13-9)12(15-2)6-4-3-5-7-12/h8H,3-7H2,1-2H3,(H,13,14,16). The third-order valence-electron chi connectivity index (χ3n) is 3.36. The highest BCUT2D eigenvalue weighted by Gasteiger charge is 2.36. The van der Waals surface area contributed by atoms with Crippen LogP contribution in [-0.4, -0.2) is 17.1 Å². The van der Waals surface area contributed by atoms with E-state index in [2.05, 4.69) is 9.97 Å². The Hall–Kier alpha value is -0.740. The second-order valence-electron chi connectivity index (χ2n) is 4.51. The van der Waals surface area contributed by atoms with Gasteiger partial charge in [0.05, 0.1) is 0 Å². The molecule has 1 heterocycles. The van der Waals surface area contributed by atoms with Crippen molar-refractivity contribution in [3.63, 3.8) is 0 Å². The van der Waals surface area contributed by atoms with Crippen molar-refractivity contribution in [2.45, 2.75) is 44.6 Å². The molecule has 0 unspecified atom stereocenters. The van der Waals surface area contributed by atoms with Gasteiger partial charge in [0, 0.05) is 12.8 Å². The van der Waals surface area contributed by atoms with E-state index in [-0.39, 0.29) is 5.60 Å². The fourth-order valence-corrected chi connectivity index (χ4v) is 2.72. The summed E-state index contributed by atoms with van der Waals surface area (Å²) in [5.74, 6) is 0.902. The predicted molar refractivity (Wildman–Crippen MR) is 65.9 cm³/mol. The maximum absolute atomic E-state index is 5.73. The van der Waals surface area contributed by atoms with E-state index < -0.39 is 0 Å². The molecule has 0 atom stereocenters. The van der Waals surface area contributed by atoms with Gasteiger partial charge in [0.15, 0.2) is 0 Å². The zero-order valence-electron chi connectivity index (χ0n) is 9.88. The highest BCUT2D eigenvalue weighted by Crippen LogP contribution is 2.38. The van der Waals surface area contributed by atoms with Crippen LogP contribution in [0.15, 0.2) is 6.07 Å². The molecule has 1 fully saturated rings. The Kier molecular flexibility index (Phi) is 3.40. The summed E-state index contributed by atoms with van der Waals surface area (Å²) >= 11 is 5.17. The number of rotatable bonds is 2. The lowest BCUT2D eigenvalue weighted by atomic mass is 9.84. The number of ether oxygens (including phenoxy) is 1. The molecule has 0 aliphatic heterocycles. The van der Waals surface area contributed by atoms with Gasteiger partial charge in [0.25, 0.3) is 0 Å². The topological polar surface area (TPSA) is 37.9 Å². The quantitative estimate of drug-likeness (QED) is 0.804. The number of methoxy groups -OCH3 is 1. The third kappa shape index (κ3) is 2.18. The number of hydrogen-bond donors (Lipinski definition) is 1. The van der Waals surface area contributed by atoms with Gasteiger partial charge in [-0.1, -0.05) is 31.5 Å². The van der Waals surface area contributed by atoms with Crippen molar-refractivity contribution in [2.75, 3.05) is 7.11 Å². The van der Waals surface area contributed by atoms with Crippen molar-refractivity contribution in [3.05, 3.63) is 22.2 Å². The fraction of sp³-hybridized carbons (Fsp3) is 0.667. The molecule has 1 aliphatic carbocycles. The molecule has 1 saturated carbocycles. The molecule has 0 saturated heterocycles. The van der Waals surface area contributed by atoms with Gasteiger partial charge in [-0.2, -0.15) is 0 Å². The van der Waals surface area contributed by atoms with E-state index in [1.54, 1.807) is 7.11 Å². The molecule has 1 N–H and O–H groups in total. The minimum absolute atomic E-state index is 0.238. The van der Waals surface area contributed by atoms with Crippen LogP contribution in [0.3, 0.4) is 0 Å². The number of aryl methyl sites for hydroxylation is 1. The summed E-state index contributed by atoms with van der Waals surface area (Å²) in [6.45, 7) is 2.01. The molecule has 4 heteroatoms. The Morgan fingerprint density at radius 3 is 2.62 bits per heavy atom. The van der Waals surface area contributed by atoms with Crippen LogP contribution in [0, 0.1) is 11.6 Å². The summed E-state index contributed by atoms with van der Waals surface area (Å²) in [7, 11) is 1.77. The average molecular weight is 238 g/mol. The van der Waals surface area contributed by atoms with Crippen molar-refractivity contribution in [3.8, 4) is 0 Å². The Morgan fingerprint density at radius 1 is 1.38 bits per heavy atom. The van der Waals surface area contributed by atoms with E-state index >= 15 is 0 Å². The maximum Gasteiger partial charge on any atom is 0.140 e. The number of nitrogens with zero attached hydrogens (tertiary/aromatic N) is 1. The van der Waals surface area contributed by atoms with Gasteiger partial charge >= 0.3 is 0 Å². The van der Waals surface area contributed by atoms with Crippen molar-refractivity contribution in [2.24, 2.45) is 0 Å². The summed E-state index contributed by atoms with van der Waals surface area (Å²) < 4.78 is 6.38. The van der Waals surface area contributed by atoms with Crippen LogP contribution in [0.4, 0.5) is 0 Å². The molecular weight excluding hydrogens is 220 g/mol. The van der Waals surface area contributed by atoms with Crippen molar-refractivity contribution >= 4 is 12.2 Å². The van der Waals surface area contributed by atoms with Gasteiger partial charge < -0.3 is 9.72 Å². The molecule has 88 valence electrons. The molecule has 1 aromatic heterocycles. The summed E-state index contributed by atoms with van der Waals surface area (Å²) in [6.07, 6.45) is 5.75. The Labute approximate surface area is 101 Å². The largest absolute Gasteiger partial charge is 0.370 e. The zero-order valence-corrected chi connectivity index (χ0v) is 10.7. The van der Waals surface area contributed by atoms with Crippen molar-refractivity contribution in [1.29, 1.82) is 0 Å². The van der Waals surface area contributed by atoms with Gasteiger partial charge in [-0.25, -0.2) is 4.98 Å². The van der Waals surface area contributed by atoms with Gasteiger partial charge in [0.2, 0.25) is 0 Å². The monoisotopic (exact) mass is 238 g/mol. The molecular formula is C12H18N2OS. The molecule has 3 nitrogen and oxygen atoms in total. The lowest BCUT2D eigenvalue weighted by molar-refractivity contribution is -0.0516. The van der Waals surface area contributed by atoms with Crippen LogP contribution in [0.1, 0.15) is 43.6 Å². The van der Waals surface area contributed by atoms with E-state index in [1.807, 2.05) is 13.0 Å². The van der Waals surface area contributed by atoms with Gasteiger partial charge in [0.1, 0.15) is 16.1 Å². The van der Waals surface area contributed by atoms with Crippen molar-refractivity contribution in [1.82, 2.24) is 9.97 Å². The van der Waals surface area contributed by atoms with Crippen LogP contribution >= 0.6 is 12.2 Å². The lowest BCUT2D eigenvalue weighted by Gasteiger charge is -2.35. The zero-order chi connectivity index (χ0) is 11.6. The van der Waals surface area contributed by atoms with Crippen LogP contribution in [-0.2, 0) is 10.3 Å². The first kappa shape index (κ1) is 11.7. The molecule has 0 bridgehead atoms. The Morgan fingerprint density at radius 2 is 2.06 bits per heavy atom. The van der Waals surface area contributed by atoms with E-state index in [4.69, 9.17) is 17.0 Å². The minimum atomic E-state index is -0.238. The van der Waals surface area contributed by atoms with Gasteiger partial charge in [-0.05, 0) is 25.8 Å². The van der Waals surface area contributed by atoms with Crippen LogP contribution in [0.2, 0.25) is 0 Å². The fourth-order valence-electron chi connectivity index (χ4n) is 2.45. The summed E-state index contributed by atoms with van der Waals surface area (Å²) in [6, 6.07) is 1.88. The minimum Gasteiger partial charge on any atom is -0.370 e. The molecule has 1 aromatic rings. The van der Waals surface area contributed by atoms with E-state index in [1.165, 1.54) is 19.3 Å². The van der Waals surface area contributed by atoms with Crippen molar-refractivity contribution < 1.29 is 4.74 Å². The highest BCUT2D eigenvalue weighted by molar-refractivity contribution is 7.71. The first-order chi connectivity index (χ1) is 7.66. The molecule has 16 heavy (non-hydrogen) atoms. The van der Waals surface area contributed by atoms with Crippen LogP contribution in [0.5, 0.6) is 0 Å². The van der Waals surface area contributed by atoms with E-state index in [0.717, 1.165) is 24.4 Å². The first-order valence-electron chi connectivity index (χ1n) is 5.80. The van der Waals surface area contributed by atoms with E-state index in [9.17, 15) is 0 Å². The Bertz CT molecular complexity index is 421. The molecule has 0 spiro atoms. The number of H-pyrrole nitrogens is 1. The van der Waals surface area contributed by atoms with Gasteiger partial charge in [-0.3, -0.25) is 0 Å². The normalized spacial score (nSPS) is 19.6. The number of hydrogen-bond acceptors (Lipinski definition) is 3. The summed E-state index contributed by atoms with van der Waals surface area (Å²) in [5, 5.41) is 0. The molecule has 1 aliphatic rings. The molecule has 2 rings (SSSR count). The third-order valence-corrected chi connectivity index (χ3v) is 3.57. The summed E-state index contributed by atoms with van der Waals surface area (Å²) in [4.78, 5) is 7.74. The first-order valence-corrected chi connectivity index (χ1v) is 6.21. The predicted octanol–water partition coefficient (Wildman–Crippen LogP) is 3.25. The molecule has 0 aromatic carbocycles. The number of aromatic nitrogens is 2. The second kappa shape index (κ2) is 4.63. The second-order valence-corrected chi connectivity index (χ2v) is 4.93. The summed E-state index contributed by atoms with van der Waals surface area (Å²) in [5.41, 5.74) is 0.815. The van der Waals surface area contributed by atoms with Crippen LogP contribution in [0.25, 0.3) is 0 Å². The van der Waals surface area contributed by atoms with E-state index in [0.29, 0.717) is 4.64 Å². The smallest absolute Gasteiger partial charge is 0.140 e. The molecule has 0 radical (unpaired) electrons. The van der Waals surface area contributed by atoms with Gasteiger partial charge in [-0.15, -0.1) is 0 Å². The number of nitrogens with one attached hydrogen (secondary N) is 1. The Balaban J connectivity index is 2.42. The molecule has 0 amide bonds. The SMILES string of the molecule is COC1(c2nc(=S)cc(C)[nH]2)CCCCC1. The van der Waals surface area contributed by atoms with Crippen LogP contribution < -0.4 is 0 Å². The highest BCUT2D eigenvalue weighted by atomic mass is 32.1. The maximum atomic E-state index is 5.73. The lowest BCUT2D eigenvalue weighted by Crippen LogP contribution is -2.33. The number of aromatic amines is 1.